The highest BCUT2D eigenvalue weighted by atomic mass is 19.1. The van der Waals surface area contributed by atoms with Crippen LogP contribution in [0.2, 0.25) is 0 Å². The van der Waals surface area contributed by atoms with Crippen molar-refractivity contribution in [3.8, 4) is 34.8 Å². The van der Waals surface area contributed by atoms with Crippen LogP contribution < -0.4 is 24.7 Å². The maximum atomic E-state index is 14.2. The number of hydrogen-bond donors (Lipinski definition) is 1. The molecule has 1 unspecified atom stereocenters. The second kappa shape index (κ2) is 7.72. The van der Waals surface area contributed by atoms with Crippen molar-refractivity contribution in [2.45, 2.75) is 19.4 Å². The maximum absolute atomic E-state index is 14.2. The lowest BCUT2D eigenvalue weighted by molar-refractivity contribution is 0.158. The lowest BCUT2D eigenvalue weighted by Gasteiger charge is -2.24. The Morgan fingerprint density at radius 1 is 1.17 bits per heavy atom. The molecular weight excluding hydrogens is 377 g/mol. The molecule has 0 saturated carbocycles. The Hall–Kier alpha value is -3.73. The minimum absolute atomic E-state index is 0.0213. The van der Waals surface area contributed by atoms with Gasteiger partial charge < -0.3 is 24.7 Å². The van der Waals surface area contributed by atoms with Crippen LogP contribution in [0.1, 0.15) is 13.3 Å². The monoisotopic (exact) mass is 395 g/mol. The fourth-order valence-corrected chi connectivity index (χ4v) is 3.02. The van der Waals surface area contributed by atoms with Crippen molar-refractivity contribution in [3.05, 3.63) is 42.3 Å². The van der Waals surface area contributed by atoms with E-state index in [1.807, 2.05) is 6.92 Å². The summed E-state index contributed by atoms with van der Waals surface area (Å²) in [6.45, 7) is 2.51. The first-order chi connectivity index (χ1) is 14.1. The third kappa shape index (κ3) is 3.55. The largest absolute Gasteiger partial charge is 0.485 e. The number of hydrogen-bond acceptors (Lipinski definition) is 7. The van der Waals surface area contributed by atoms with E-state index in [0.29, 0.717) is 59.2 Å². The zero-order valence-electron chi connectivity index (χ0n) is 15.6. The Morgan fingerprint density at radius 3 is 2.69 bits per heavy atom. The molecule has 4 rings (SSSR count). The van der Waals surface area contributed by atoms with Crippen LogP contribution in [0.25, 0.3) is 10.9 Å². The molecule has 0 saturated heterocycles. The van der Waals surface area contributed by atoms with Crippen LogP contribution in [0.15, 0.2) is 36.5 Å². The van der Waals surface area contributed by atoms with E-state index in [1.54, 1.807) is 18.2 Å². The fourth-order valence-electron chi connectivity index (χ4n) is 3.02. The van der Waals surface area contributed by atoms with E-state index in [1.165, 1.54) is 18.3 Å². The van der Waals surface area contributed by atoms with E-state index in [2.05, 4.69) is 11.1 Å². The number of pyridine rings is 1. The van der Waals surface area contributed by atoms with Crippen molar-refractivity contribution < 1.29 is 23.3 Å². The Kier molecular flexibility index (Phi) is 4.96. The molecule has 2 aromatic carbocycles. The Labute approximate surface area is 166 Å². The van der Waals surface area contributed by atoms with Crippen LogP contribution in [0.3, 0.4) is 0 Å². The summed E-state index contributed by atoms with van der Waals surface area (Å²) in [6, 6.07) is 9.56. The Morgan fingerprint density at radius 2 is 1.97 bits per heavy atom. The van der Waals surface area contributed by atoms with Crippen LogP contribution >= 0.6 is 0 Å². The molecule has 1 aromatic heterocycles. The fraction of sp³-hybridized carbons (Fsp3) is 0.238. The highest BCUT2D eigenvalue weighted by Crippen LogP contribution is 2.48. The minimum Gasteiger partial charge on any atom is -0.485 e. The summed E-state index contributed by atoms with van der Waals surface area (Å²) in [5.74, 6) is 0.903. The van der Waals surface area contributed by atoms with Gasteiger partial charge >= 0.3 is 0 Å². The quantitative estimate of drug-likeness (QED) is 0.646. The zero-order chi connectivity index (χ0) is 20.4. The molecule has 3 aromatic rings. The number of nitrogens with zero attached hydrogens (tertiary/aromatic N) is 2. The third-order valence-corrected chi connectivity index (χ3v) is 4.40. The van der Waals surface area contributed by atoms with Crippen molar-refractivity contribution in [2.24, 2.45) is 0 Å². The zero-order valence-corrected chi connectivity index (χ0v) is 15.6. The number of nitriles is 1. The molecule has 8 heteroatoms. The predicted molar refractivity (Wildman–Crippen MR) is 104 cm³/mol. The van der Waals surface area contributed by atoms with Gasteiger partial charge in [-0.3, -0.25) is 4.98 Å². The van der Waals surface area contributed by atoms with Crippen molar-refractivity contribution >= 4 is 16.6 Å². The molecule has 2 N–H and O–H groups in total. The van der Waals surface area contributed by atoms with Gasteiger partial charge in [-0.15, -0.1) is 0 Å². The number of rotatable bonds is 5. The van der Waals surface area contributed by atoms with Gasteiger partial charge in [0.15, 0.2) is 29.2 Å². The number of fused-ring (bicyclic) bond motifs is 3. The number of anilines is 1. The number of halogens is 1. The molecule has 1 aliphatic heterocycles. The lowest BCUT2D eigenvalue weighted by Crippen LogP contribution is -2.19. The van der Waals surface area contributed by atoms with E-state index in [-0.39, 0.29) is 5.75 Å². The summed E-state index contributed by atoms with van der Waals surface area (Å²) in [5.41, 5.74) is 6.41. The van der Waals surface area contributed by atoms with E-state index in [9.17, 15) is 9.65 Å². The maximum Gasteiger partial charge on any atom is 0.204 e. The number of aromatic nitrogens is 1. The van der Waals surface area contributed by atoms with Gasteiger partial charge in [-0.1, -0.05) is 6.92 Å². The Bertz CT molecular complexity index is 1110. The second-order valence-electron chi connectivity index (χ2n) is 6.37. The molecule has 0 aliphatic carbocycles. The molecule has 1 atom stereocenters. The van der Waals surface area contributed by atoms with Crippen LogP contribution in [0.4, 0.5) is 10.1 Å². The van der Waals surface area contributed by atoms with Crippen molar-refractivity contribution in [1.82, 2.24) is 4.98 Å². The topological polar surface area (TPSA) is 99.6 Å². The minimum atomic E-state index is -0.634. The highest BCUT2D eigenvalue weighted by molar-refractivity contribution is 5.95. The van der Waals surface area contributed by atoms with E-state index in [4.69, 9.17) is 24.7 Å². The van der Waals surface area contributed by atoms with Gasteiger partial charge in [0.05, 0.1) is 10.9 Å². The van der Waals surface area contributed by atoms with Gasteiger partial charge in [0, 0.05) is 24.0 Å². The molecular formula is C21H18FN3O4. The molecule has 0 bridgehead atoms. The van der Waals surface area contributed by atoms with Crippen LogP contribution in [-0.2, 0) is 0 Å². The summed E-state index contributed by atoms with van der Waals surface area (Å²) in [6.07, 6.45) is 1.41. The first kappa shape index (κ1) is 18.6. The molecule has 0 radical (unpaired) electrons. The smallest absolute Gasteiger partial charge is 0.204 e. The van der Waals surface area contributed by atoms with Crippen LogP contribution in [0.5, 0.6) is 28.7 Å². The number of benzene rings is 2. The molecule has 148 valence electrons. The van der Waals surface area contributed by atoms with Gasteiger partial charge in [0.1, 0.15) is 25.0 Å². The predicted octanol–water partition coefficient (Wildman–Crippen LogP) is 4.20. The summed E-state index contributed by atoms with van der Waals surface area (Å²) in [7, 11) is 0. The number of nitrogen functional groups attached to an aromatic ring is 1. The molecule has 1 aliphatic rings. The van der Waals surface area contributed by atoms with Crippen molar-refractivity contribution in [3.63, 3.8) is 0 Å². The summed E-state index contributed by atoms with van der Waals surface area (Å²) in [4.78, 5) is 4.36. The molecule has 0 spiro atoms. The van der Waals surface area contributed by atoms with E-state index >= 15 is 0 Å². The number of ether oxygens (including phenoxy) is 4. The number of nitrogens with two attached hydrogens (primary N) is 1. The average molecular weight is 395 g/mol. The van der Waals surface area contributed by atoms with Crippen molar-refractivity contribution in [1.29, 1.82) is 5.26 Å². The first-order valence-electron chi connectivity index (χ1n) is 9.11. The normalized spacial score (nSPS) is 13.6. The van der Waals surface area contributed by atoms with Gasteiger partial charge in [-0.2, -0.15) is 5.26 Å². The second-order valence-corrected chi connectivity index (χ2v) is 6.37. The van der Waals surface area contributed by atoms with Crippen molar-refractivity contribution in [2.75, 3.05) is 18.9 Å². The molecule has 29 heavy (non-hydrogen) atoms. The molecule has 0 amide bonds. The standard InChI is InChI=1S/C21H18FN3O4/c1-2-13(11-23)28-18-10-15-19(21-20(18)26-7-8-27-21)17(5-6-25-15)29-16-4-3-12(24)9-14(16)22/h3-6,9-10,13H,2,7-8,24H2,1H3. The SMILES string of the molecule is CCC(C#N)Oc1cc2nccc(Oc3ccc(N)cc3F)c2c2c1OCCO2. The van der Waals surface area contributed by atoms with Crippen LogP contribution in [0, 0.1) is 17.1 Å². The molecule has 7 nitrogen and oxygen atoms in total. The average Bonchev–Trinajstić information content (AvgIpc) is 2.74. The van der Waals surface area contributed by atoms with E-state index < -0.39 is 11.9 Å². The summed E-state index contributed by atoms with van der Waals surface area (Å²) in [5, 5.41) is 9.76. The van der Waals surface area contributed by atoms with E-state index in [0.717, 1.165) is 0 Å². The summed E-state index contributed by atoms with van der Waals surface area (Å²) >= 11 is 0. The highest BCUT2D eigenvalue weighted by Gasteiger charge is 2.26. The lowest BCUT2D eigenvalue weighted by atomic mass is 10.1. The first-order valence-corrected chi connectivity index (χ1v) is 9.11. The van der Waals surface area contributed by atoms with Gasteiger partial charge in [0.25, 0.3) is 0 Å². The molecule has 0 fully saturated rings. The third-order valence-electron chi connectivity index (χ3n) is 4.40. The van der Waals surface area contributed by atoms with Crippen LogP contribution in [-0.4, -0.2) is 24.3 Å². The Balaban J connectivity index is 1.84. The summed E-state index contributed by atoms with van der Waals surface area (Å²) < 4.78 is 37.4. The van der Waals surface area contributed by atoms with Gasteiger partial charge in [-0.25, -0.2) is 4.39 Å². The van der Waals surface area contributed by atoms with Gasteiger partial charge in [-0.05, 0) is 24.6 Å². The van der Waals surface area contributed by atoms with Gasteiger partial charge in [0.2, 0.25) is 5.75 Å². The molecule has 2 heterocycles.